The molecular formula is C25H16ClFN2O4. The highest BCUT2D eigenvalue weighted by Gasteiger charge is 2.47. The third-order valence-electron chi connectivity index (χ3n) is 5.33. The van der Waals surface area contributed by atoms with E-state index in [1.54, 1.807) is 6.07 Å². The van der Waals surface area contributed by atoms with Crippen LogP contribution in [0.2, 0.25) is 5.02 Å². The van der Waals surface area contributed by atoms with Gasteiger partial charge in [-0.15, -0.1) is 0 Å². The van der Waals surface area contributed by atoms with Crippen molar-refractivity contribution >= 4 is 34.7 Å². The van der Waals surface area contributed by atoms with Gasteiger partial charge in [-0.05, 0) is 60.2 Å². The number of amides is 1. The lowest BCUT2D eigenvalue weighted by molar-refractivity contribution is -0.132. The molecule has 1 amide bonds. The first-order valence-corrected chi connectivity index (χ1v) is 10.1. The minimum Gasteiger partial charge on any atom is -0.507 e. The number of carbonyl (C=O) groups is 2. The van der Waals surface area contributed by atoms with Crippen LogP contribution in [-0.4, -0.2) is 23.9 Å². The highest BCUT2D eigenvalue weighted by molar-refractivity contribution is 6.52. The third-order valence-corrected chi connectivity index (χ3v) is 5.66. The van der Waals surface area contributed by atoms with Crippen molar-refractivity contribution in [3.05, 3.63) is 99.8 Å². The lowest BCUT2D eigenvalue weighted by Crippen LogP contribution is -2.29. The molecule has 33 heavy (non-hydrogen) atoms. The second-order valence-corrected chi connectivity index (χ2v) is 7.63. The molecule has 0 bridgehead atoms. The minimum absolute atomic E-state index is 0.112. The molecule has 0 spiro atoms. The van der Waals surface area contributed by atoms with Gasteiger partial charge in [-0.25, -0.2) is 4.39 Å². The molecule has 1 saturated heterocycles. The summed E-state index contributed by atoms with van der Waals surface area (Å²) in [6.07, 6.45) is 0. The molecule has 1 fully saturated rings. The van der Waals surface area contributed by atoms with E-state index in [1.165, 1.54) is 72.7 Å². The molecule has 1 heterocycles. The van der Waals surface area contributed by atoms with Crippen molar-refractivity contribution in [1.82, 2.24) is 0 Å². The molecule has 1 aliphatic heterocycles. The molecule has 8 heteroatoms. The van der Waals surface area contributed by atoms with Crippen LogP contribution in [0.3, 0.4) is 0 Å². The Morgan fingerprint density at radius 1 is 1.09 bits per heavy atom. The van der Waals surface area contributed by atoms with E-state index in [0.717, 1.165) is 0 Å². The van der Waals surface area contributed by atoms with E-state index in [9.17, 15) is 19.1 Å². The summed E-state index contributed by atoms with van der Waals surface area (Å²) >= 11 is 6.27. The number of ketones is 1. The van der Waals surface area contributed by atoms with Crippen LogP contribution in [0.4, 0.5) is 10.1 Å². The van der Waals surface area contributed by atoms with E-state index in [4.69, 9.17) is 21.6 Å². The van der Waals surface area contributed by atoms with Crippen LogP contribution in [-0.2, 0) is 9.59 Å². The number of nitrogens with zero attached hydrogens (tertiary/aromatic N) is 2. The zero-order chi connectivity index (χ0) is 23.7. The Hall–Kier alpha value is -4.15. The van der Waals surface area contributed by atoms with E-state index < -0.39 is 29.3 Å². The van der Waals surface area contributed by atoms with E-state index in [2.05, 4.69) is 0 Å². The molecule has 1 atom stereocenters. The van der Waals surface area contributed by atoms with Gasteiger partial charge in [0.1, 0.15) is 17.3 Å². The van der Waals surface area contributed by atoms with Crippen LogP contribution in [0.15, 0.2) is 72.3 Å². The Labute approximate surface area is 193 Å². The summed E-state index contributed by atoms with van der Waals surface area (Å²) in [6, 6.07) is 16.8. The molecule has 1 aliphatic rings. The van der Waals surface area contributed by atoms with Crippen molar-refractivity contribution < 1.29 is 23.8 Å². The van der Waals surface area contributed by atoms with Crippen LogP contribution >= 0.6 is 11.6 Å². The first-order valence-electron chi connectivity index (χ1n) is 9.76. The van der Waals surface area contributed by atoms with Crippen LogP contribution < -0.4 is 9.64 Å². The molecule has 1 unspecified atom stereocenters. The number of carbonyl (C=O) groups excluding carboxylic acids is 2. The standard InChI is InChI=1S/C25H16ClFN2O4/c1-33-18-10-11-20(26)19(12-18)23(30)21-22(15-4-6-16(27)7-5-15)29(25(32)24(21)31)17-8-2-14(13-28)3-9-17/h2-12,22,30H,1H3/b23-21+. The number of methoxy groups -OCH3 is 1. The summed E-state index contributed by atoms with van der Waals surface area (Å²) in [4.78, 5) is 27.4. The van der Waals surface area contributed by atoms with Crippen molar-refractivity contribution in [2.24, 2.45) is 0 Å². The Morgan fingerprint density at radius 3 is 2.36 bits per heavy atom. The van der Waals surface area contributed by atoms with E-state index in [1.807, 2.05) is 6.07 Å². The average Bonchev–Trinajstić information content (AvgIpc) is 3.10. The van der Waals surface area contributed by atoms with Crippen molar-refractivity contribution in [3.63, 3.8) is 0 Å². The second-order valence-electron chi connectivity index (χ2n) is 7.23. The normalized spacial score (nSPS) is 17.2. The van der Waals surface area contributed by atoms with Gasteiger partial charge in [-0.2, -0.15) is 5.26 Å². The Bertz CT molecular complexity index is 1330. The summed E-state index contributed by atoms with van der Waals surface area (Å²) < 4.78 is 18.8. The van der Waals surface area contributed by atoms with Crippen LogP contribution in [0.5, 0.6) is 5.75 Å². The number of rotatable bonds is 4. The lowest BCUT2D eigenvalue weighted by Gasteiger charge is -2.25. The van der Waals surface area contributed by atoms with E-state index in [0.29, 0.717) is 22.6 Å². The monoisotopic (exact) mass is 462 g/mol. The SMILES string of the molecule is COc1ccc(Cl)c(/C(O)=C2\C(=O)C(=O)N(c3ccc(C#N)cc3)C2c2ccc(F)cc2)c1. The van der Waals surface area contributed by atoms with Crippen molar-refractivity contribution in [2.75, 3.05) is 12.0 Å². The van der Waals surface area contributed by atoms with Gasteiger partial charge in [0.05, 0.1) is 35.4 Å². The number of nitriles is 1. The maximum Gasteiger partial charge on any atom is 0.300 e. The highest BCUT2D eigenvalue weighted by atomic mass is 35.5. The summed E-state index contributed by atoms with van der Waals surface area (Å²) in [7, 11) is 1.44. The molecule has 4 rings (SSSR count). The molecule has 0 radical (unpaired) electrons. The van der Waals surface area contributed by atoms with Gasteiger partial charge >= 0.3 is 0 Å². The number of hydrogen-bond acceptors (Lipinski definition) is 5. The van der Waals surface area contributed by atoms with E-state index >= 15 is 0 Å². The van der Waals surface area contributed by atoms with Crippen molar-refractivity contribution in [1.29, 1.82) is 5.26 Å². The van der Waals surface area contributed by atoms with Crippen LogP contribution in [0.25, 0.3) is 5.76 Å². The summed E-state index contributed by atoms with van der Waals surface area (Å²) in [5, 5.41) is 20.4. The highest BCUT2D eigenvalue weighted by Crippen LogP contribution is 2.43. The number of anilines is 1. The predicted octanol–water partition coefficient (Wildman–Crippen LogP) is 4.99. The molecule has 3 aromatic carbocycles. The van der Waals surface area contributed by atoms with Gasteiger partial charge in [-0.1, -0.05) is 23.7 Å². The van der Waals surface area contributed by atoms with Crippen molar-refractivity contribution in [2.45, 2.75) is 6.04 Å². The molecular weight excluding hydrogens is 447 g/mol. The first kappa shape index (κ1) is 22.1. The number of aliphatic hydroxyl groups excluding tert-OH is 1. The molecule has 0 aliphatic carbocycles. The minimum atomic E-state index is -1.05. The average molecular weight is 463 g/mol. The number of benzene rings is 3. The fourth-order valence-corrected chi connectivity index (χ4v) is 3.92. The maximum atomic E-state index is 13.6. The largest absolute Gasteiger partial charge is 0.507 e. The zero-order valence-electron chi connectivity index (χ0n) is 17.3. The molecule has 6 nitrogen and oxygen atoms in total. The van der Waals surface area contributed by atoms with Crippen LogP contribution in [0, 0.1) is 17.1 Å². The fourth-order valence-electron chi connectivity index (χ4n) is 3.71. The van der Waals surface area contributed by atoms with Gasteiger partial charge in [0.2, 0.25) is 0 Å². The van der Waals surface area contributed by atoms with Crippen molar-refractivity contribution in [3.8, 4) is 11.8 Å². The molecule has 1 N–H and O–H groups in total. The predicted molar refractivity (Wildman–Crippen MR) is 120 cm³/mol. The maximum absolute atomic E-state index is 13.6. The zero-order valence-corrected chi connectivity index (χ0v) is 18.0. The number of aliphatic hydroxyl groups is 1. The van der Waals surface area contributed by atoms with Gasteiger partial charge < -0.3 is 9.84 Å². The van der Waals surface area contributed by atoms with E-state index in [-0.39, 0.29) is 16.2 Å². The third kappa shape index (κ3) is 3.93. The Balaban J connectivity index is 1.96. The lowest BCUT2D eigenvalue weighted by atomic mass is 9.95. The molecule has 0 saturated carbocycles. The van der Waals surface area contributed by atoms with Gasteiger partial charge in [0, 0.05) is 11.3 Å². The summed E-state index contributed by atoms with van der Waals surface area (Å²) in [5.41, 5.74) is 1.02. The smallest absolute Gasteiger partial charge is 0.300 e. The molecule has 3 aromatic rings. The van der Waals surface area contributed by atoms with Gasteiger partial charge in [0.25, 0.3) is 11.7 Å². The number of Topliss-reactive ketones (excluding diaryl/α,β-unsaturated/α-hetero) is 1. The molecule has 164 valence electrons. The Kier molecular flexibility index (Phi) is 5.86. The summed E-state index contributed by atoms with van der Waals surface area (Å²) in [5.74, 6) is -2.40. The quantitative estimate of drug-likeness (QED) is 0.335. The van der Waals surface area contributed by atoms with Crippen LogP contribution in [0.1, 0.15) is 22.7 Å². The fraction of sp³-hybridized carbons (Fsp3) is 0.0800. The number of hydrogen-bond donors (Lipinski definition) is 1. The summed E-state index contributed by atoms with van der Waals surface area (Å²) in [6.45, 7) is 0. The Morgan fingerprint density at radius 2 is 1.76 bits per heavy atom. The topological polar surface area (TPSA) is 90.6 Å². The van der Waals surface area contributed by atoms with Gasteiger partial charge in [-0.3, -0.25) is 14.5 Å². The molecule has 0 aromatic heterocycles. The number of ether oxygens (including phenoxy) is 1. The second kappa shape index (κ2) is 8.77. The number of halogens is 2. The first-order chi connectivity index (χ1) is 15.8. The van der Waals surface area contributed by atoms with Gasteiger partial charge in [0.15, 0.2) is 0 Å².